The van der Waals surface area contributed by atoms with E-state index in [1.807, 2.05) is 0 Å². The summed E-state index contributed by atoms with van der Waals surface area (Å²) in [6.45, 7) is 1.92. The Morgan fingerprint density at radius 3 is 2.89 bits per heavy atom. The monoisotopic (exact) mass is 317 g/mol. The minimum atomic E-state index is -0.427. The first-order valence-corrected chi connectivity index (χ1v) is 5.95. The highest BCUT2D eigenvalue weighted by atomic mass is 79.9. The van der Waals surface area contributed by atoms with Crippen LogP contribution in [0.1, 0.15) is 17.3 Å². The van der Waals surface area contributed by atoms with Crippen LogP contribution in [0.15, 0.2) is 27.8 Å². The molecule has 0 radical (unpaired) electrons. The average molecular weight is 318 g/mol. The molecule has 0 saturated carbocycles. The average Bonchev–Trinajstić information content (AvgIpc) is 2.34. The lowest BCUT2D eigenvalue weighted by Gasteiger charge is -2.11. The van der Waals surface area contributed by atoms with Gasteiger partial charge in [-0.3, -0.25) is 4.79 Å². The van der Waals surface area contributed by atoms with Crippen molar-refractivity contribution in [3.8, 4) is 0 Å². The predicted molar refractivity (Wildman–Crippen MR) is 69.0 cm³/mol. The number of oxime groups is 1. The Labute approximate surface area is 112 Å². The molecular formula is C11H13BrFN3O2. The van der Waals surface area contributed by atoms with E-state index in [0.29, 0.717) is 10.0 Å². The van der Waals surface area contributed by atoms with Gasteiger partial charge in [0.2, 0.25) is 0 Å². The van der Waals surface area contributed by atoms with Crippen molar-refractivity contribution in [3.63, 3.8) is 0 Å². The van der Waals surface area contributed by atoms with Crippen molar-refractivity contribution in [1.29, 1.82) is 0 Å². The summed E-state index contributed by atoms with van der Waals surface area (Å²) in [5.41, 5.74) is 5.70. The van der Waals surface area contributed by atoms with Gasteiger partial charge >= 0.3 is 0 Å². The molecule has 1 amide bonds. The van der Waals surface area contributed by atoms with Crippen molar-refractivity contribution in [1.82, 2.24) is 5.32 Å². The molecule has 1 rings (SSSR count). The summed E-state index contributed by atoms with van der Waals surface area (Å²) in [4.78, 5) is 11.8. The first kappa shape index (κ1) is 14.4. The van der Waals surface area contributed by atoms with Crippen LogP contribution < -0.4 is 11.1 Å². The van der Waals surface area contributed by atoms with Gasteiger partial charge in [-0.05, 0) is 34.1 Å². The lowest BCUT2D eigenvalue weighted by atomic mass is 10.1. The largest absolute Gasteiger partial charge is 0.409 e. The van der Waals surface area contributed by atoms with E-state index in [9.17, 15) is 9.18 Å². The molecule has 4 N–H and O–H groups in total. The van der Waals surface area contributed by atoms with Gasteiger partial charge in [-0.15, -0.1) is 0 Å². The van der Waals surface area contributed by atoms with E-state index in [0.717, 1.165) is 0 Å². The molecule has 1 atom stereocenters. The summed E-state index contributed by atoms with van der Waals surface area (Å²) in [5, 5.41) is 13.9. The number of benzene rings is 1. The van der Waals surface area contributed by atoms with Gasteiger partial charge in [0.25, 0.3) is 5.91 Å². The molecule has 1 unspecified atom stereocenters. The molecule has 0 aliphatic carbocycles. The van der Waals surface area contributed by atoms with Crippen LogP contribution in [-0.2, 0) is 0 Å². The Hall–Kier alpha value is -1.63. The number of nitrogens with zero attached hydrogens (tertiary/aromatic N) is 1. The third kappa shape index (κ3) is 3.69. The topological polar surface area (TPSA) is 87.7 Å². The smallest absolute Gasteiger partial charge is 0.252 e. The number of rotatable bonds is 4. The van der Waals surface area contributed by atoms with Gasteiger partial charge in [0.05, 0.1) is 5.56 Å². The number of amidine groups is 1. The van der Waals surface area contributed by atoms with Gasteiger partial charge < -0.3 is 16.3 Å². The Balaban J connectivity index is 2.66. The first-order chi connectivity index (χ1) is 8.45. The van der Waals surface area contributed by atoms with E-state index >= 15 is 0 Å². The molecule has 1 aromatic carbocycles. The molecule has 18 heavy (non-hydrogen) atoms. The second-order valence-corrected chi connectivity index (χ2v) is 4.61. The van der Waals surface area contributed by atoms with E-state index in [-0.39, 0.29) is 24.2 Å². The number of hydrogen-bond acceptors (Lipinski definition) is 3. The highest BCUT2D eigenvalue weighted by Gasteiger charge is 2.13. The lowest BCUT2D eigenvalue weighted by molar-refractivity contribution is 0.0950. The molecule has 1 aromatic rings. The summed E-state index contributed by atoms with van der Waals surface area (Å²) in [6.07, 6.45) is 0. The standard InChI is InChI=1S/C11H13BrFN3O2/c1-6(10(14)16-18)5-15-11(17)8-3-2-7(13)4-9(8)12/h2-4,6,18H,5H2,1H3,(H2,14,16)(H,15,17). The molecule has 0 spiro atoms. The van der Waals surface area contributed by atoms with E-state index in [1.165, 1.54) is 18.2 Å². The molecule has 0 aliphatic heterocycles. The third-order valence-corrected chi connectivity index (χ3v) is 3.02. The number of carbonyl (C=O) groups is 1. The van der Waals surface area contributed by atoms with Gasteiger partial charge in [0, 0.05) is 16.9 Å². The number of nitrogens with one attached hydrogen (secondary N) is 1. The van der Waals surface area contributed by atoms with Crippen LogP contribution in [0.5, 0.6) is 0 Å². The molecule has 0 saturated heterocycles. The van der Waals surface area contributed by atoms with Crippen molar-refractivity contribution in [2.24, 2.45) is 16.8 Å². The van der Waals surface area contributed by atoms with Crippen LogP contribution in [0.2, 0.25) is 0 Å². The van der Waals surface area contributed by atoms with Crippen LogP contribution in [0.25, 0.3) is 0 Å². The highest BCUT2D eigenvalue weighted by Crippen LogP contribution is 2.17. The zero-order valence-electron chi connectivity index (χ0n) is 9.65. The second-order valence-electron chi connectivity index (χ2n) is 3.76. The summed E-state index contributed by atoms with van der Waals surface area (Å²) in [7, 11) is 0. The molecule has 0 bridgehead atoms. The fourth-order valence-corrected chi connectivity index (χ4v) is 1.75. The summed E-state index contributed by atoms with van der Waals surface area (Å²) in [6, 6.07) is 3.79. The van der Waals surface area contributed by atoms with Crippen LogP contribution in [0.4, 0.5) is 4.39 Å². The van der Waals surface area contributed by atoms with Gasteiger partial charge in [-0.1, -0.05) is 12.1 Å². The van der Waals surface area contributed by atoms with E-state index in [4.69, 9.17) is 10.9 Å². The van der Waals surface area contributed by atoms with Crippen molar-refractivity contribution in [3.05, 3.63) is 34.1 Å². The van der Waals surface area contributed by atoms with Gasteiger partial charge in [0.15, 0.2) is 0 Å². The Bertz CT molecular complexity index is 479. The van der Waals surface area contributed by atoms with Crippen molar-refractivity contribution < 1.29 is 14.4 Å². The lowest BCUT2D eigenvalue weighted by Crippen LogP contribution is -2.34. The fraction of sp³-hybridized carbons (Fsp3) is 0.273. The maximum absolute atomic E-state index is 12.9. The summed E-state index contributed by atoms with van der Waals surface area (Å²) >= 11 is 3.11. The number of halogens is 2. The third-order valence-electron chi connectivity index (χ3n) is 2.36. The molecule has 7 heteroatoms. The summed E-state index contributed by atoms with van der Waals surface area (Å²) < 4.78 is 13.2. The predicted octanol–water partition coefficient (Wildman–Crippen LogP) is 1.70. The van der Waals surface area contributed by atoms with Crippen LogP contribution in [0, 0.1) is 11.7 Å². The van der Waals surface area contributed by atoms with Crippen molar-refractivity contribution >= 4 is 27.7 Å². The quantitative estimate of drug-likeness (QED) is 0.342. The Morgan fingerprint density at radius 2 is 2.33 bits per heavy atom. The molecule has 0 heterocycles. The first-order valence-electron chi connectivity index (χ1n) is 5.16. The SMILES string of the molecule is CC(CNC(=O)c1ccc(F)cc1Br)C(N)=NO. The molecular weight excluding hydrogens is 305 g/mol. The zero-order valence-corrected chi connectivity index (χ0v) is 11.2. The Kier molecular flexibility index (Phi) is 5.08. The van der Waals surface area contributed by atoms with Crippen LogP contribution >= 0.6 is 15.9 Å². The van der Waals surface area contributed by atoms with Gasteiger partial charge in [-0.2, -0.15) is 0 Å². The molecule has 0 fully saturated rings. The minimum Gasteiger partial charge on any atom is -0.409 e. The normalized spacial score (nSPS) is 13.2. The zero-order chi connectivity index (χ0) is 13.7. The number of carbonyl (C=O) groups excluding carboxylic acids is 1. The summed E-state index contributed by atoms with van der Waals surface area (Å²) in [5.74, 6) is -1.05. The van der Waals surface area contributed by atoms with E-state index < -0.39 is 5.82 Å². The van der Waals surface area contributed by atoms with E-state index in [2.05, 4.69) is 26.4 Å². The fourth-order valence-electron chi connectivity index (χ4n) is 1.22. The maximum atomic E-state index is 12.9. The van der Waals surface area contributed by atoms with Crippen LogP contribution in [0.3, 0.4) is 0 Å². The van der Waals surface area contributed by atoms with Crippen molar-refractivity contribution in [2.45, 2.75) is 6.92 Å². The number of hydrogen-bond donors (Lipinski definition) is 3. The number of nitrogens with two attached hydrogens (primary N) is 1. The van der Waals surface area contributed by atoms with E-state index in [1.54, 1.807) is 6.92 Å². The molecule has 0 aliphatic rings. The number of amides is 1. The van der Waals surface area contributed by atoms with Gasteiger partial charge in [0.1, 0.15) is 11.7 Å². The molecule has 98 valence electrons. The van der Waals surface area contributed by atoms with Gasteiger partial charge in [-0.25, -0.2) is 4.39 Å². The highest BCUT2D eigenvalue weighted by molar-refractivity contribution is 9.10. The Morgan fingerprint density at radius 1 is 1.67 bits per heavy atom. The van der Waals surface area contributed by atoms with Crippen LogP contribution in [-0.4, -0.2) is 23.5 Å². The molecule has 5 nitrogen and oxygen atoms in total. The second kappa shape index (κ2) is 6.34. The molecule has 0 aromatic heterocycles. The van der Waals surface area contributed by atoms with Crippen molar-refractivity contribution in [2.75, 3.05) is 6.54 Å². The maximum Gasteiger partial charge on any atom is 0.252 e. The minimum absolute atomic E-state index is 0.0356.